The number of alkyl halides is 4. The van der Waals surface area contributed by atoms with Crippen LogP contribution in [0.4, 0.5) is 17.6 Å². The monoisotopic (exact) mass is 321 g/mol. The molecule has 8 heteroatoms. The predicted octanol–water partition coefficient (Wildman–Crippen LogP) is 3.09. The van der Waals surface area contributed by atoms with Crippen molar-refractivity contribution in [2.75, 3.05) is 6.54 Å². The van der Waals surface area contributed by atoms with E-state index in [1.807, 2.05) is 0 Å². The highest BCUT2D eigenvalue weighted by Gasteiger charge is 2.30. The Morgan fingerprint density at radius 2 is 1.73 bits per heavy atom. The maximum Gasteiger partial charge on any atom is 0.416 e. The molecule has 0 spiro atoms. The SMILES string of the molecule is O=C(O)CCCCNC(=O)C(F)c1ccc(C(F)(F)F)cc1. The molecule has 0 aliphatic rings. The van der Waals surface area contributed by atoms with Crippen LogP contribution in [0.25, 0.3) is 0 Å². The van der Waals surface area contributed by atoms with Gasteiger partial charge >= 0.3 is 12.1 Å². The summed E-state index contributed by atoms with van der Waals surface area (Å²) in [6, 6.07) is 3.25. The van der Waals surface area contributed by atoms with E-state index in [1.165, 1.54) is 0 Å². The number of carboxylic acids is 1. The molecule has 2 N–H and O–H groups in total. The van der Waals surface area contributed by atoms with Crippen molar-refractivity contribution in [3.8, 4) is 0 Å². The molecule has 0 heterocycles. The molecule has 0 aromatic heterocycles. The largest absolute Gasteiger partial charge is 0.481 e. The van der Waals surface area contributed by atoms with Gasteiger partial charge in [0.2, 0.25) is 6.17 Å². The highest BCUT2D eigenvalue weighted by atomic mass is 19.4. The predicted molar refractivity (Wildman–Crippen MR) is 69.8 cm³/mol. The molecule has 1 rings (SSSR count). The van der Waals surface area contributed by atoms with Crippen LogP contribution in [0.15, 0.2) is 24.3 Å². The number of unbranched alkanes of at least 4 members (excludes halogenated alkanes) is 1. The first-order valence-corrected chi connectivity index (χ1v) is 6.52. The number of carbonyl (C=O) groups is 2. The summed E-state index contributed by atoms with van der Waals surface area (Å²) in [5.74, 6) is -1.92. The Bertz CT molecular complexity index is 514. The molecule has 1 aromatic carbocycles. The second-order valence-corrected chi connectivity index (χ2v) is 4.62. The third-order valence-corrected chi connectivity index (χ3v) is 2.88. The second-order valence-electron chi connectivity index (χ2n) is 4.62. The van der Waals surface area contributed by atoms with Crippen LogP contribution < -0.4 is 5.32 Å². The molecule has 0 radical (unpaired) electrons. The molecule has 1 aromatic rings. The lowest BCUT2D eigenvalue weighted by atomic mass is 10.1. The number of carboxylic acid groups (broad SMARTS) is 1. The molecule has 0 bridgehead atoms. The smallest absolute Gasteiger partial charge is 0.416 e. The Hall–Kier alpha value is -2.12. The molecule has 1 atom stereocenters. The maximum atomic E-state index is 13.8. The quantitative estimate of drug-likeness (QED) is 0.599. The fraction of sp³-hybridized carbons (Fsp3) is 0.429. The van der Waals surface area contributed by atoms with Crippen molar-refractivity contribution >= 4 is 11.9 Å². The van der Waals surface area contributed by atoms with Crippen molar-refractivity contribution in [2.45, 2.75) is 31.6 Å². The average molecular weight is 321 g/mol. The van der Waals surface area contributed by atoms with E-state index >= 15 is 0 Å². The van der Waals surface area contributed by atoms with Crippen molar-refractivity contribution in [1.29, 1.82) is 0 Å². The summed E-state index contributed by atoms with van der Waals surface area (Å²) in [4.78, 5) is 21.8. The van der Waals surface area contributed by atoms with E-state index in [1.54, 1.807) is 0 Å². The topological polar surface area (TPSA) is 66.4 Å². The van der Waals surface area contributed by atoms with Gasteiger partial charge in [-0.3, -0.25) is 9.59 Å². The van der Waals surface area contributed by atoms with E-state index < -0.39 is 29.8 Å². The van der Waals surface area contributed by atoms with Crippen molar-refractivity contribution < 1.29 is 32.3 Å². The number of hydrogen-bond donors (Lipinski definition) is 2. The highest BCUT2D eigenvalue weighted by Crippen LogP contribution is 2.30. The highest BCUT2D eigenvalue weighted by molar-refractivity contribution is 5.82. The fourth-order valence-corrected chi connectivity index (χ4v) is 1.69. The Morgan fingerprint density at radius 1 is 1.14 bits per heavy atom. The lowest BCUT2D eigenvalue weighted by Gasteiger charge is -2.11. The molecule has 22 heavy (non-hydrogen) atoms. The molecule has 4 nitrogen and oxygen atoms in total. The van der Waals surface area contributed by atoms with E-state index in [9.17, 15) is 27.2 Å². The molecular formula is C14H15F4NO3. The molecule has 122 valence electrons. The lowest BCUT2D eigenvalue weighted by Crippen LogP contribution is -2.28. The van der Waals surface area contributed by atoms with Crippen LogP contribution in [-0.2, 0) is 15.8 Å². The van der Waals surface area contributed by atoms with Crippen molar-refractivity contribution in [1.82, 2.24) is 5.32 Å². The second kappa shape index (κ2) is 7.77. The molecular weight excluding hydrogens is 306 g/mol. The summed E-state index contributed by atoms with van der Waals surface area (Å²) in [5, 5.41) is 10.7. The number of benzene rings is 1. The van der Waals surface area contributed by atoms with Crippen LogP contribution in [0.1, 0.15) is 36.6 Å². The number of halogens is 4. The van der Waals surface area contributed by atoms with Gasteiger partial charge in [0.05, 0.1) is 5.56 Å². The van der Waals surface area contributed by atoms with Gasteiger partial charge < -0.3 is 10.4 Å². The normalized spacial score (nSPS) is 12.7. The van der Waals surface area contributed by atoms with E-state index in [4.69, 9.17) is 5.11 Å². The van der Waals surface area contributed by atoms with Crippen LogP contribution in [0.5, 0.6) is 0 Å². The van der Waals surface area contributed by atoms with E-state index in [2.05, 4.69) is 5.32 Å². The summed E-state index contributed by atoms with van der Waals surface area (Å²) < 4.78 is 50.9. The maximum absolute atomic E-state index is 13.8. The molecule has 0 fully saturated rings. The average Bonchev–Trinajstić information content (AvgIpc) is 2.44. The first-order chi connectivity index (χ1) is 10.2. The lowest BCUT2D eigenvalue weighted by molar-refractivity contribution is -0.138. The number of hydrogen-bond acceptors (Lipinski definition) is 2. The van der Waals surface area contributed by atoms with Crippen LogP contribution in [0.3, 0.4) is 0 Å². The van der Waals surface area contributed by atoms with Gasteiger partial charge in [0.15, 0.2) is 0 Å². The number of amides is 1. The molecule has 0 aliphatic carbocycles. The van der Waals surface area contributed by atoms with E-state index in [-0.39, 0.29) is 18.5 Å². The third-order valence-electron chi connectivity index (χ3n) is 2.88. The summed E-state index contributed by atoms with van der Waals surface area (Å²) in [6.07, 6.45) is -5.92. The summed E-state index contributed by atoms with van der Waals surface area (Å²) in [7, 11) is 0. The minimum Gasteiger partial charge on any atom is -0.481 e. The Morgan fingerprint density at radius 3 is 2.23 bits per heavy atom. The molecule has 0 saturated carbocycles. The van der Waals surface area contributed by atoms with Gasteiger partial charge in [0.25, 0.3) is 5.91 Å². The minimum atomic E-state index is -4.52. The first-order valence-electron chi connectivity index (χ1n) is 6.52. The molecule has 1 unspecified atom stereocenters. The van der Waals surface area contributed by atoms with Crippen molar-refractivity contribution in [3.63, 3.8) is 0 Å². The third kappa shape index (κ3) is 5.71. The van der Waals surface area contributed by atoms with Crippen LogP contribution in [-0.4, -0.2) is 23.5 Å². The van der Waals surface area contributed by atoms with Gasteiger partial charge in [-0.15, -0.1) is 0 Å². The standard InChI is InChI=1S/C14H15F4NO3/c15-12(13(22)19-8-2-1-3-11(20)21)9-4-6-10(7-5-9)14(16,17)18/h4-7,12H,1-3,8H2,(H,19,22)(H,20,21). The van der Waals surface area contributed by atoms with Gasteiger partial charge in [0.1, 0.15) is 0 Å². The van der Waals surface area contributed by atoms with E-state index in [0.717, 1.165) is 12.1 Å². The number of rotatable bonds is 7. The van der Waals surface area contributed by atoms with Crippen LogP contribution in [0.2, 0.25) is 0 Å². The van der Waals surface area contributed by atoms with Crippen LogP contribution >= 0.6 is 0 Å². The van der Waals surface area contributed by atoms with Gasteiger partial charge in [-0.25, -0.2) is 4.39 Å². The molecule has 0 aliphatic heterocycles. The summed E-state index contributed by atoms with van der Waals surface area (Å²) in [6.45, 7) is 0.104. The van der Waals surface area contributed by atoms with Gasteiger partial charge in [0, 0.05) is 13.0 Å². The zero-order chi connectivity index (χ0) is 16.8. The Labute approximate surface area is 124 Å². The molecule has 1 amide bonds. The van der Waals surface area contributed by atoms with Crippen molar-refractivity contribution in [2.24, 2.45) is 0 Å². The Kier molecular flexibility index (Phi) is 6.33. The minimum absolute atomic E-state index is 0.0478. The number of aliphatic carboxylic acids is 1. The fourth-order valence-electron chi connectivity index (χ4n) is 1.69. The zero-order valence-corrected chi connectivity index (χ0v) is 11.5. The first kappa shape index (κ1) is 17.9. The number of nitrogens with one attached hydrogen (secondary N) is 1. The van der Waals surface area contributed by atoms with Gasteiger partial charge in [-0.05, 0) is 30.5 Å². The number of carbonyl (C=O) groups excluding carboxylic acids is 1. The van der Waals surface area contributed by atoms with Crippen molar-refractivity contribution in [3.05, 3.63) is 35.4 Å². The van der Waals surface area contributed by atoms with Crippen LogP contribution in [0, 0.1) is 0 Å². The summed E-state index contributed by atoms with van der Waals surface area (Å²) in [5.41, 5.74) is -1.09. The van der Waals surface area contributed by atoms with Gasteiger partial charge in [-0.2, -0.15) is 13.2 Å². The Balaban J connectivity index is 2.47. The molecule has 0 saturated heterocycles. The summed E-state index contributed by atoms with van der Waals surface area (Å²) >= 11 is 0. The van der Waals surface area contributed by atoms with Gasteiger partial charge in [-0.1, -0.05) is 12.1 Å². The zero-order valence-electron chi connectivity index (χ0n) is 11.5. The van der Waals surface area contributed by atoms with E-state index in [0.29, 0.717) is 25.0 Å².